The van der Waals surface area contributed by atoms with Crippen LogP contribution in [0, 0.1) is 5.92 Å². The molecule has 0 saturated carbocycles. The number of rotatable bonds is 0. The van der Waals surface area contributed by atoms with Gasteiger partial charge in [0.15, 0.2) is 0 Å². The van der Waals surface area contributed by atoms with Gasteiger partial charge in [-0.15, -0.1) is 0 Å². The maximum atomic E-state index is 5.20. The fourth-order valence-corrected chi connectivity index (χ4v) is 0.896. The van der Waals surface area contributed by atoms with Crippen molar-refractivity contribution in [3.05, 3.63) is 12.3 Å². The largest absolute Gasteiger partial charge is 0.498 e. The van der Waals surface area contributed by atoms with Crippen molar-refractivity contribution in [3.63, 3.8) is 0 Å². The highest BCUT2D eigenvalue weighted by Gasteiger charge is 2.11. The Morgan fingerprint density at radius 1 is 1.75 bits per heavy atom. The minimum absolute atomic E-state index is 0.587. The second-order valence-electron chi connectivity index (χ2n) is 2.36. The Labute approximate surface area is 50.3 Å². The molecule has 0 aromatic rings. The van der Waals surface area contributed by atoms with E-state index in [2.05, 4.69) is 13.5 Å². The normalized spacial score (nSPS) is 29.6. The Morgan fingerprint density at radius 3 is 2.88 bits per heavy atom. The van der Waals surface area contributed by atoms with Crippen molar-refractivity contribution in [3.8, 4) is 0 Å². The summed E-state index contributed by atoms with van der Waals surface area (Å²) in [5, 5.41) is 0. The molecule has 1 aliphatic heterocycles. The highest BCUT2D eigenvalue weighted by molar-refractivity contribution is 4.90. The van der Waals surface area contributed by atoms with Crippen LogP contribution in [-0.2, 0) is 4.74 Å². The maximum Gasteiger partial charge on any atom is 0.0916 e. The van der Waals surface area contributed by atoms with E-state index in [1.165, 1.54) is 12.8 Å². The van der Waals surface area contributed by atoms with Crippen LogP contribution in [0.15, 0.2) is 12.3 Å². The standard InChI is InChI=1S/C7H12O/c1-6-4-3-5-8-7(6)2/h6H,2-5H2,1H3/t6-/m0/s1. The summed E-state index contributed by atoms with van der Waals surface area (Å²) in [4.78, 5) is 0. The zero-order valence-electron chi connectivity index (χ0n) is 5.31. The van der Waals surface area contributed by atoms with Crippen LogP contribution in [0.3, 0.4) is 0 Å². The van der Waals surface area contributed by atoms with Crippen molar-refractivity contribution in [1.82, 2.24) is 0 Å². The average Bonchev–Trinajstić information content (AvgIpc) is 1.77. The van der Waals surface area contributed by atoms with Gasteiger partial charge in [0.2, 0.25) is 0 Å². The molecule has 0 radical (unpaired) electrons. The molecule has 1 aliphatic rings. The first-order valence-corrected chi connectivity index (χ1v) is 3.12. The number of hydrogen-bond donors (Lipinski definition) is 0. The summed E-state index contributed by atoms with van der Waals surface area (Å²) in [5.41, 5.74) is 0. The lowest BCUT2D eigenvalue weighted by Gasteiger charge is -2.20. The zero-order valence-corrected chi connectivity index (χ0v) is 5.31. The molecular formula is C7H12O. The summed E-state index contributed by atoms with van der Waals surface area (Å²) >= 11 is 0. The van der Waals surface area contributed by atoms with Crippen LogP contribution in [0.5, 0.6) is 0 Å². The van der Waals surface area contributed by atoms with Crippen LogP contribution in [0.25, 0.3) is 0 Å². The van der Waals surface area contributed by atoms with Gasteiger partial charge in [0, 0.05) is 5.92 Å². The van der Waals surface area contributed by atoms with Crippen LogP contribution in [0.1, 0.15) is 19.8 Å². The van der Waals surface area contributed by atoms with Crippen LogP contribution in [0.2, 0.25) is 0 Å². The van der Waals surface area contributed by atoms with Gasteiger partial charge >= 0.3 is 0 Å². The van der Waals surface area contributed by atoms with Gasteiger partial charge in [-0.2, -0.15) is 0 Å². The first-order chi connectivity index (χ1) is 3.80. The van der Waals surface area contributed by atoms with Crippen molar-refractivity contribution in [2.75, 3.05) is 6.61 Å². The Bertz CT molecular complexity index is 96.6. The fraction of sp³-hybridized carbons (Fsp3) is 0.714. The maximum absolute atomic E-state index is 5.20. The molecule has 0 aromatic heterocycles. The number of hydrogen-bond acceptors (Lipinski definition) is 1. The smallest absolute Gasteiger partial charge is 0.0916 e. The molecule has 1 heteroatoms. The summed E-state index contributed by atoms with van der Waals surface area (Å²) in [5.74, 6) is 1.56. The van der Waals surface area contributed by atoms with Crippen molar-refractivity contribution in [1.29, 1.82) is 0 Å². The van der Waals surface area contributed by atoms with E-state index in [1.54, 1.807) is 0 Å². The number of ether oxygens (including phenoxy) is 1. The van der Waals surface area contributed by atoms with E-state index in [4.69, 9.17) is 4.74 Å². The van der Waals surface area contributed by atoms with Crippen molar-refractivity contribution in [2.24, 2.45) is 5.92 Å². The molecular weight excluding hydrogens is 100 g/mol. The lowest BCUT2D eigenvalue weighted by molar-refractivity contribution is 0.136. The van der Waals surface area contributed by atoms with E-state index < -0.39 is 0 Å². The molecule has 0 N–H and O–H groups in total. The Kier molecular flexibility index (Phi) is 1.56. The van der Waals surface area contributed by atoms with Crippen molar-refractivity contribution >= 4 is 0 Å². The lowest BCUT2D eigenvalue weighted by Crippen LogP contribution is -2.10. The molecule has 0 amide bonds. The predicted octanol–water partition coefficient (Wildman–Crippen LogP) is 1.95. The molecule has 1 nitrogen and oxygen atoms in total. The van der Waals surface area contributed by atoms with Crippen molar-refractivity contribution < 1.29 is 4.74 Å². The minimum atomic E-state index is 0.587. The van der Waals surface area contributed by atoms with Gasteiger partial charge in [-0.25, -0.2) is 0 Å². The third-order valence-electron chi connectivity index (χ3n) is 1.62. The summed E-state index contributed by atoms with van der Waals surface area (Å²) in [6.45, 7) is 6.81. The van der Waals surface area contributed by atoms with Gasteiger partial charge in [0.1, 0.15) is 0 Å². The van der Waals surface area contributed by atoms with Gasteiger partial charge < -0.3 is 4.74 Å². The second-order valence-corrected chi connectivity index (χ2v) is 2.36. The van der Waals surface area contributed by atoms with Crippen molar-refractivity contribution in [2.45, 2.75) is 19.8 Å². The minimum Gasteiger partial charge on any atom is -0.498 e. The first-order valence-electron chi connectivity index (χ1n) is 3.12. The van der Waals surface area contributed by atoms with E-state index in [0.29, 0.717) is 5.92 Å². The molecule has 1 rings (SSSR count). The van der Waals surface area contributed by atoms with Crippen LogP contribution >= 0.6 is 0 Å². The van der Waals surface area contributed by atoms with E-state index in [9.17, 15) is 0 Å². The van der Waals surface area contributed by atoms with E-state index in [0.717, 1.165) is 12.4 Å². The summed E-state index contributed by atoms with van der Waals surface area (Å²) in [6.07, 6.45) is 2.44. The molecule has 0 bridgehead atoms. The van der Waals surface area contributed by atoms with Crippen LogP contribution in [-0.4, -0.2) is 6.61 Å². The van der Waals surface area contributed by atoms with E-state index in [-0.39, 0.29) is 0 Å². The SMILES string of the molecule is C=C1OCCC[C@@H]1C. The molecule has 0 aliphatic carbocycles. The van der Waals surface area contributed by atoms with Gasteiger partial charge in [0.25, 0.3) is 0 Å². The molecule has 1 fully saturated rings. The number of allylic oxidation sites excluding steroid dienone is 1. The second kappa shape index (κ2) is 2.21. The Morgan fingerprint density at radius 2 is 2.50 bits per heavy atom. The fourth-order valence-electron chi connectivity index (χ4n) is 0.896. The highest BCUT2D eigenvalue weighted by Crippen LogP contribution is 2.20. The Balaban J connectivity index is 2.39. The molecule has 1 atom stereocenters. The molecule has 46 valence electrons. The highest BCUT2D eigenvalue weighted by atomic mass is 16.5. The third kappa shape index (κ3) is 1.03. The molecule has 8 heavy (non-hydrogen) atoms. The van der Waals surface area contributed by atoms with Gasteiger partial charge in [-0.05, 0) is 12.8 Å². The quantitative estimate of drug-likeness (QED) is 0.465. The molecule has 1 heterocycles. The topological polar surface area (TPSA) is 9.23 Å². The van der Waals surface area contributed by atoms with Gasteiger partial charge in [-0.1, -0.05) is 13.5 Å². The zero-order chi connectivity index (χ0) is 5.98. The molecule has 0 aromatic carbocycles. The van der Waals surface area contributed by atoms with Crippen LogP contribution in [0.4, 0.5) is 0 Å². The summed E-state index contributed by atoms with van der Waals surface area (Å²) in [6, 6.07) is 0. The van der Waals surface area contributed by atoms with E-state index >= 15 is 0 Å². The molecule has 0 unspecified atom stereocenters. The molecule has 1 saturated heterocycles. The Hall–Kier alpha value is -0.460. The third-order valence-corrected chi connectivity index (χ3v) is 1.62. The summed E-state index contributed by atoms with van der Waals surface area (Å²) < 4.78 is 5.20. The predicted molar refractivity (Wildman–Crippen MR) is 33.5 cm³/mol. The lowest BCUT2D eigenvalue weighted by atomic mass is 10.0. The monoisotopic (exact) mass is 112 g/mol. The first kappa shape index (κ1) is 5.67. The molecule has 0 spiro atoms. The van der Waals surface area contributed by atoms with Crippen LogP contribution < -0.4 is 0 Å². The van der Waals surface area contributed by atoms with E-state index in [1.807, 2.05) is 0 Å². The summed E-state index contributed by atoms with van der Waals surface area (Å²) in [7, 11) is 0. The average molecular weight is 112 g/mol. The van der Waals surface area contributed by atoms with Gasteiger partial charge in [0.05, 0.1) is 12.4 Å². The van der Waals surface area contributed by atoms with Gasteiger partial charge in [-0.3, -0.25) is 0 Å².